The van der Waals surface area contributed by atoms with E-state index in [-0.39, 0.29) is 5.76 Å². The maximum Gasteiger partial charge on any atom is 0.250 e. The molecule has 0 atom stereocenters. The van der Waals surface area contributed by atoms with Gasteiger partial charge in [-0.2, -0.15) is 0 Å². The zero-order valence-corrected chi connectivity index (χ0v) is 11.1. The van der Waals surface area contributed by atoms with Crippen LogP contribution in [0.15, 0.2) is 34.9 Å². The quantitative estimate of drug-likeness (QED) is 0.779. The van der Waals surface area contributed by atoms with Gasteiger partial charge in [0, 0.05) is 11.6 Å². The van der Waals surface area contributed by atoms with Crippen molar-refractivity contribution < 1.29 is 9.26 Å². The number of rotatable bonds is 2. The Hall–Kier alpha value is -0.900. The van der Waals surface area contributed by atoms with Crippen LogP contribution in [0.2, 0.25) is 0 Å². The van der Waals surface area contributed by atoms with Gasteiger partial charge in [-0.25, -0.2) is 0 Å². The number of hydrogen-bond donors (Lipinski definition) is 0. The van der Waals surface area contributed by atoms with Gasteiger partial charge in [-0.3, -0.25) is 0 Å². The van der Waals surface area contributed by atoms with Crippen molar-refractivity contribution in [2.24, 2.45) is 0 Å². The summed E-state index contributed by atoms with van der Waals surface area (Å²) in [6.45, 7) is 0. The first-order valence-electron chi connectivity index (χ1n) is 4.69. The molecule has 0 aliphatic heterocycles. The third-order valence-electron chi connectivity index (χ3n) is 2.18. The molecule has 2 rings (SSSR count). The van der Waals surface area contributed by atoms with Gasteiger partial charge < -0.3 is 9.26 Å². The predicted molar refractivity (Wildman–Crippen MR) is 67.7 cm³/mol. The Balaban J connectivity index is 2.30. The van der Waals surface area contributed by atoms with Gasteiger partial charge in [-0.15, -0.1) is 0 Å². The highest BCUT2D eigenvalue weighted by atomic mass is 35.6. The van der Waals surface area contributed by atoms with E-state index in [0.717, 1.165) is 11.3 Å². The van der Waals surface area contributed by atoms with E-state index in [1.165, 1.54) is 0 Å². The minimum absolute atomic E-state index is 0.188. The molecule has 0 saturated heterocycles. The molecule has 0 aliphatic carbocycles. The van der Waals surface area contributed by atoms with Crippen LogP contribution in [0.25, 0.3) is 11.3 Å². The van der Waals surface area contributed by atoms with E-state index in [1.54, 1.807) is 13.2 Å². The summed E-state index contributed by atoms with van der Waals surface area (Å²) in [6.07, 6.45) is 0. The molecule has 17 heavy (non-hydrogen) atoms. The summed E-state index contributed by atoms with van der Waals surface area (Å²) < 4.78 is 8.42. The van der Waals surface area contributed by atoms with E-state index >= 15 is 0 Å². The molecule has 1 heterocycles. The molecular weight excluding hydrogens is 284 g/mol. The minimum atomic E-state index is -1.60. The van der Waals surface area contributed by atoms with Crippen molar-refractivity contribution in [3.63, 3.8) is 0 Å². The number of alkyl halides is 3. The lowest BCUT2D eigenvalue weighted by atomic mass is 10.1. The zero-order valence-electron chi connectivity index (χ0n) is 8.78. The smallest absolute Gasteiger partial charge is 0.250 e. The summed E-state index contributed by atoms with van der Waals surface area (Å²) >= 11 is 17.1. The lowest BCUT2D eigenvalue weighted by Gasteiger charge is -2.03. The van der Waals surface area contributed by atoms with E-state index in [9.17, 15) is 0 Å². The third-order valence-corrected chi connectivity index (χ3v) is 2.73. The van der Waals surface area contributed by atoms with Gasteiger partial charge in [0.2, 0.25) is 0 Å². The first-order chi connectivity index (χ1) is 8.00. The van der Waals surface area contributed by atoms with Gasteiger partial charge in [-0.05, 0) is 24.3 Å². The first-order valence-corrected chi connectivity index (χ1v) is 5.82. The second-order valence-electron chi connectivity index (χ2n) is 3.30. The molecule has 1 aromatic carbocycles. The molecule has 0 unspecified atom stereocenters. The summed E-state index contributed by atoms with van der Waals surface area (Å²) in [7, 11) is 1.60. The number of ether oxygens (including phenoxy) is 1. The Morgan fingerprint density at radius 2 is 1.82 bits per heavy atom. The Morgan fingerprint density at radius 1 is 1.18 bits per heavy atom. The van der Waals surface area contributed by atoms with Crippen molar-refractivity contribution in [1.82, 2.24) is 5.16 Å². The monoisotopic (exact) mass is 291 g/mol. The SMILES string of the molecule is COc1ccc(-c2cc(C(Cl)(Cl)Cl)on2)cc1. The number of benzene rings is 1. The van der Waals surface area contributed by atoms with Crippen molar-refractivity contribution in [2.45, 2.75) is 3.79 Å². The van der Waals surface area contributed by atoms with Crippen LogP contribution in [0.3, 0.4) is 0 Å². The van der Waals surface area contributed by atoms with E-state index in [4.69, 9.17) is 44.1 Å². The normalized spacial score (nSPS) is 11.5. The second kappa shape index (κ2) is 4.77. The molecular formula is C11H8Cl3NO2. The zero-order chi connectivity index (χ0) is 12.5. The minimum Gasteiger partial charge on any atom is -0.497 e. The van der Waals surface area contributed by atoms with Crippen LogP contribution >= 0.6 is 34.8 Å². The van der Waals surface area contributed by atoms with Crippen LogP contribution in [0.5, 0.6) is 5.75 Å². The summed E-state index contributed by atoms with van der Waals surface area (Å²) in [5.74, 6) is 0.951. The standard InChI is InChI=1S/C11H8Cl3NO2/c1-16-8-4-2-7(3-5-8)9-6-10(17-15-9)11(12,13)14/h2-6H,1H3. The largest absolute Gasteiger partial charge is 0.497 e. The number of hydrogen-bond acceptors (Lipinski definition) is 3. The molecule has 0 spiro atoms. The number of aromatic nitrogens is 1. The van der Waals surface area contributed by atoms with Crippen LogP contribution < -0.4 is 4.74 Å². The van der Waals surface area contributed by atoms with E-state index < -0.39 is 3.79 Å². The average molecular weight is 293 g/mol. The van der Waals surface area contributed by atoms with Crippen molar-refractivity contribution >= 4 is 34.8 Å². The molecule has 6 heteroatoms. The van der Waals surface area contributed by atoms with Gasteiger partial charge in [0.05, 0.1) is 7.11 Å². The molecule has 0 saturated carbocycles. The number of nitrogens with zero attached hydrogens (tertiary/aromatic N) is 1. The van der Waals surface area contributed by atoms with Crippen molar-refractivity contribution in [1.29, 1.82) is 0 Å². The predicted octanol–water partition coefficient (Wildman–Crippen LogP) is 4.18. The van der Waals surface area contributed by atoms with Crippen LogP contribution in [-0.4, -0.2) is 12.3 Å². The Bertz CT molecular complexity index is 502. The molecule has 1 aromatic heterocycles. The molecule has 0 N–H and O–H groups in total. The lowest BCUT2D eigenvalue weighted by Crippen LogP contribution is -1.96. The topological polar surface area (TPSA) is 35.3 Å². The van der Waals surface area contributed by atoms with E-state index in [2.05, 4.69) is 5.16 Å². The Kier molecular flexibility index (Phi) is 3.52. The van der Waals surface area contributed by atoms with Crippen molar-refractivity contribution in [3.05, 3.63) is 36.1 Å². The first kappa shape index (κ1) is 12.6. The fraction of sp³-hybridized carbons (Fsp3) is 0.182. The van der Waals surface area contributed by atoms with Gasteiger partial charge in [0.25, 0.3) is 3.79 Å². The van der Waals surface area contributed by atoms with Crippen molar-refractivity contribution in [3.8, 4) is 17.0 Å². The van der Waals surface area contributed by atoms with Gasteiger partial charge in [-0.1, -0.05) is 40.0 Å². The summed E-state index contributed by atoms with van der Waals surface area (Å²) in [5.41, 5.74) is 1.46. The second-order valence-corrected chi connectivity index (χ2v) is 5.58. The Morgan fingerprint density at radius 3 is 2.29 bits per heavy atom. The van der Waals surface area contributed by atoms with E-state index in [1.807, 2.05) is 24.3 Å². The van der Waals surface area contributed by atoms with Crippen LogP contribution in [-0.2, 0) is 3.79 Å². The molecule has 3 nitrogen and oxygen atoms in total. The molecule has 0 bridgehead atoms. The van der Waals surface area contributed by atoms with Crippen molar-refractivity contribution in [2.75, 3.05) is 7.11 Å². The third kappa shape index (κ3) is 2.86. The fourth-order valence-corrected chi connectivity index (χ4v) is 1.57. The summed E-state index contributed by atoms with van der Waals surface area (Å²) in [6, 6.07) is 8.92. The summed E-state index contributed by atoms with van der Waals surface area (Å²) in [5, 5.41) is 3.84. The van der Waals surface area contributed by atoms with Gasteiger partial charge in [0.1, 0.15) is 11.4 Å². The summed E-state index contributed by atoms with van der Waals surface area (Å²) in [4.78, 5) is 0. The maximum atomic E-state index is 5.68. The highest BCUT2D eigenvalue weighted by Gasteiger charge is 2.28. The maximum absolute atomic E-state index is 5.68. The van der Waals surface area contributed by atoms with Crippen LogP contribution in [0, 0.1) is 0 Å². The van der Waals surface area contributed by atoms with Gasteiger partial charge >= 0.3 is 0 Å². The van der Waals surface area contributed by atoms with E-state index in [0.29, 0.717) is 5.69 Å². The molecule has 90 valence electrons. The highest BCUT2D eigenvalue weighted by Crippen LogP contribution is 2.39. The molecule has 0 amide bonds. The van der Waals surface area contributed by atoms with Gasteiger partial charge in [0.15, 0.2) is 5.76 Å². The number of methoxy groups -OCH3 is 1. The fourth-order valence-electron chi connectivity index (χ4n) is 1.31. The molecule has 0 aliphatic rings. The molecule has 2 aromatic rings. The highest BCUT2D eigenvalue weighted by molar-refractivity contribution is 6.66. The van der Waals surface area contributed by atoms with Crippen LogP contribution in [0.1, 0.15) is 5.76 Å². The average Bonchev–Trinajstić information content (AvgIpc) is 2.78. The Labute approximate surface area is 113 Å². The molecule has 0 radical (unpaired) electrons. The lowest BCUT2D eigenvalue weighted by molar-refractivity contribution is 0.389. The number of halogens is 3. The molecule has 0 fully saturated rings. The van der Waals surface area contributed by atoms with Crippen LogP contribution in [0.4, 0.5) is 0 Å².